The number of para-hydroxylation sites is 1. The van der Waals surface area contributed by atoms with Crippen LogP contribution in [0.3, 0.4) is 0 Å². The second-order valence-electron chi connectivity index (χ2n) is 5.75. The molecule has 23 heavy (non-hydrogen) atoms. The lowest BCUT2D eigenvalue weighted by Gasteiger charge is -2.13. The molecule has 1 atom stereocenters. The molecule has 0 aliphatic heterocycles. The minimum absolute atomic E-state index is 0.108. The molecular formula is C18H20N4O. The van der Waals surface area contributed by atoms with Crippen LogP contribution in [-0.4, -0.2) is 15.9 Å². The van der Waals surface area contributed by atoms with Crippen molar-refractivity contribution >= 4 is 28.6 Å². The van der Waals surface area contributed by atoms with Crippen LogP contribution in [0.2, 0.25) is 0 Å². The van der Waals surface area contributed by atoms with Crippen molar-refractivity contribution in [3.8, 4) is 0 Å². The van der Waals surface area contributed by atoms with Crippen LogP contribution in [0.15, 0.2) is 42.5 Å². The average Bonchev–Trinajstić information content (AvgIpc) is 2.90. The monoisotopic (exact) mass is 308 g/mol. The summed E-state index contributed by atoms with van der Waals surface area (Å²) in [5.74, 6) is 0.579. The molecule has 5 nitrogen and oxygen atoms in total. The van der Waals surface area contributed by atoms with Crippen LogP contribution in [0.25, 0.3) is 11.0 Å². The van der Waals surface area contributed by atoms with Crippen LogP contribution in [0.5, 0.6) is 0 Å². The lowest BCUT2D eigenvalue weighted by molar-refractivity contribution is -0.114. The molecular weight excluding hydrogens is 288 g/mol. The van der Waals surface area contributed by atoms with E-state index in [1.807, 2.05) is 18.2 Å². The van der Waals surface area contributed by atoms with E-state index in [2.05, 4.69) is 58.7 Å². The number of aromatic nitrogens is 2. The molecule has 0 aliphatic carbocycles. The number of carbonyl (C=O) groups is 1. The number of benzene rings is 2. The number of hydrogen-bond donors (Lipinski definition) is 3. The zero-order chi connectivity index (χ0) is 16.4. The van der Waals surface area contributed by atoms with Gasteiger partial charge in [-0.15, -0.1) is 0 Å². The third-order valence-corrected chi connectivity index (χ3v) is 3.72. The van der Waals surface area contributed by atoms with Crippen molar-refractivity contribution in [2.75, 3.05) is 10.6 Å². The topological polar surface area (TPSA) is 69.8 Å². The summed E-state index contributed by atoms with van der Waals surface area (Å²) >= 11 is 0. The minimum atomic E-state index is -0.108. The first-order valence-electron chi connectivity index (χ1n) is 7.62. The van der Waals surface area contributed by atoms with E-state index in [1.54, 1.807) is 0 Å². The van der Waals surface area contributed by atoms with Crippen molar-refractivity contribution < 1.29 is 4.79 Å². The molecule has 0 radical (unpaired) electrons. The van der Waals surface area contributed by atoms with Crippen LogP contribution < -0.4 is 10.6 Å². The Morgan fingerprint density at radius 3 is 2.74 bits per heavy atom. The molecule has 0 unspecified atom stereocenters. The normalized spacial score (nSPS) is 12.1. The van der Waals surface area contributed by atoms with Crippen molar-refractivity contribution in [3.63, 3.8) is 0 Å². The van der Waals surface area contributed by atoms with Gasteiger partial charge in [0.1, 0.15) is 5.52 Å². The summed E-state index contributed by atoms with van der Waals surface area (Å²) in [4.78, 5) is 19.1. The standard InChI is InChI=1S/C18H20N4O/c1-11-6-4-7-14(10-11)12(2)19-18-21-16-9-5-8-15(17(16)22-18)20-13(3)23/h4-10,12H,1-3H3,(H,20,23)(H2,19,21,22)/t12-/m1/s1. The predicted octanol–water partition coefficient (Wildman–Crippen LogP) is 4.00. The molecule has 0 aliphatic rings. The number of H-pyrrole nitrogens is 1. The molecule has 0 saturated carbocycles. The van der Waals surface area contributed by atoms with Gasteiger partial charge in [0, 0.05) is 6.92 Å². The van der Waals surface area contributed by atoms with E-state index >= 15 is 0 Å². The fraction of sp³-hybridized carbons (Fsp3) is 0.222. The Hall–Kier alpha value is -2.82. The third-order valence-electron chi connectivity index (χ3n) is 3.72. The number of anilines is 2. The summed E-state index contributed by atoms with van der Waals surface area (Å²) < 4.78 is 0. The highest BCUT2D eigenvalue weighted by Crippen LogP contribution is 2.25. The molecule has 1 amide bonds. The molecule has 2 aromatic carbocycles. The van der Waals surface area contributed by atoms with E-state index in [-0.39, 0.29) is 11.9 Å². The first kappa shape index (κ1) is 15.1. The predicted molar refractivity (Wildman–Crippen MR) is 93.6 cm³/mol. The first-order chi connectivity index (χ1) is 11.0. The minimum Gasteiger partial charge on any atom is -0.349 e. The number of rotatable bonds is 4. The molecule has 3 rings (SSSR count). The van der Waals surface area contributed by atoms with Crippen molar-refractivity contribution in [3.05, 3.63) is 53.6 Å². The van der Waals surface area contributed by atoms with E-state index in [9.17, 15) is 4.79 Å². The molecule has 5 heteroatoms. The second kappa shape index (κ2) is 6.12. The summed E-state index contributed by atoms with van der Waals surface area (Å²) in [6.07, 6.45) is 0. The van der Waals surface area contributed by atoms with Crippen LogP contribution in [0, 0.1) is 6.92 Å². The summed E-state index contributed by atoms with van der Waals surface area (Å²) in [6.45, 7) is 5.66. The molecule has 1 aromatic heterocycles. The van der Waals surface area contributed by atoms with E-state index in [1.165, 1.54) is 18.1 Å². The Labute approximate surface area is 135 Å². The van der Waals surface area contributed by atoms with Gasteiger partial charge in [0.25, 0.3) is 0 Å². The van der Waals surface area contributed by atoms with E-state index in [0.29, 0.717) is 11.6 Å². The van der Waals surface area contributed by atoms with Crippen LogP contribution >= 0.6 is 0 Å². The van der Waals surface area contributed by atoms with Crippen molar-refractivity contribution in [1.82, 2.24) is 9.97 Å². The number of amides is 1. The maximum atomic E-state index is 11.3. The summed E-state index contributed by atoms with van der Waals surface area (Å²) in [5, 5.41) is 6.18. The highest BCUT2D eigenvalue weighted by Gasteiger charge is 2.11. The van der Waals surface area contributed by atoms with Crippen LogP contribution in [0.4, 0.5) is 11.6 Å². The van der Waals surface area contributed by atoms with Gasteiger partial charge in [-0.1, -0.05) is 35.9 Å². The van der Waals surface area contributed by atoms with Crippen molar-refractivity contribution in [2.24, 2.45) is 0 Å². The van der Waals surface area contributed by atoms with Crippen molar-refractivity contribution in [1.29, 1.82) is 0 Å². The van der Waals surface area contributed by atoms with Gasteiger partial charge >= 0.3 is 0 Å². The van der Waals surface area contributed by atoms with E-state index in [4.69, 9.17) is 0 Å². The Kier molecular flexibility index (Phi) is 4.02. The van der Waals surface area contributed by atoms with Gasteiger partial charge in [0.05, 0.1) is 17.2 Å². The number of carbonyl (C=O) groups excluding carboxylic acids is 1. The van der Waals surface area contributed by atoms with E-state index in [0.717, 1.165) is 11.0 Å². The summed E-state index contributed by atoms with van der Waals surface area (Å²) in [6, 6.07) is 14.2. The molecule has 3 aromatic rings. The van der Waals surface area contributed by atoms with Gasteiger partial charge in [-0.2, -0.15) is 0 Å². The second-order valence-corrected chi connectivity index (χ2v) is 5.75. The Morgan fingerprint density at radius 1 is 1.22 bits per heavy atom. The van der Waals surface area contributed by atoms with Gasteiger partial charge in [-0.05, 0) is 31.5 Å². The Balaban J connectivity index is 1.87. The van der Waals surface area contributed by atoms with Gasteiger partial charge < -0.3 is 15.6 Å². The average molecular weight is 308 g/mol. The molecule has 118 valence electrons. The Bertz CT molecular complexity index is 853. The van der Waals surface area contributed by atoms with Gasteiger partial charge in [-0.25, -0.2) is 4.98 Å². The molecule has 3 N–H and O–H groups in total. The fourth-order valence-corrected chi connectivity index (χ4v) is 2.62. The van der Waals surface area contributed by atoms with Gasteiger partial charge in [0.15, 0.2) is 0 Å². The number of nitrogens with zero attached hydrogens (tertiary/aromatic N) is 1. The first-order valence-corrected chi connectivity index (χ1v) is 7.62. The maximum Gasteiger partial charge on any atom is 0.221 e. The molecule has 0 spiro atoms. The zero-order valence-electron chi connectivity index (χ0n) is 13.5. The summed E-state index contributed by atoms with van der Waals surface area (Å²) in [7, 11) is 0. The van der Waals surface area contributed by atoms with Gasteiger partial charge in [-0.3, -0.25) is 4.79 Å². The molecule has 0 saturated heterocycles. The maximum absolute atomic E-state index is 11.3. The van der Waals surface area contributed by atoms with Gasteiger partial charge in [0.2, 0.25) is 11.9 Å². The summed E-state index contributed by atoms with van der Waals surface area (Å²) in [5.41, 5.74) is 4.78. The number of imidazole rings is 1. The zero-order valence-corrected chi connectivity index (χ0v) is 13.5. The number of aromatic amines is 1. The number of nitrogens with one attached hydrogen (secondary N) is 3. The van der Waals surface area contributed by atoms with E-state index < -0.39 is 0 Å². The highest BCUT2D eigenvalue weighted by atomic mass is 16.1. The smallest absolute Gasteiger partial charge is 0.221 e. The highest BCUT2D eigenvalue weighted by molar-refractivity contribution is 5.99. The molecule has 0 bridgehead atoms. The SMILES string of the molecule is CC(=O)Nc1cccc2[nH]c(N[C@H](C)c3cccc(C)c3)nc12. The van der Waals surface area contributed by atoms with Crippen molar-refractivity contribution in [2.45, 2.75) is 26.8 Å². The number of aryl methyl sites for hydroxylation is 1. The number of fused-ring (bicyclic) bond motifs is 1. The van der Waals surface area contributed by atoms with Crippen LogP contribution in [0.1, 0.15) is 31.0 Å². The largest absolute Gasteiger partial charge is 0.349 e. The molecule has 1 heterocycles. The Morgan fingerprint density at radius 2 is 2.00 bits per heavy atom. The molecule has 0 fully saturated rings. The third kappa shape index (κ3) is 3.34. The van der Waals surface area contributed by atoms with Crippen LogP contribution in [-0.2, 0) is 4.79 Å². The lowest BCUT2D eigenvalue weighted by Crippen LogP contribution is -2.08. The lowest BCUT2D eigenvalue weighted by atomic mass is 10.1. The fourth-order valence-electron chi connectivity index (χ4n) is 2.62. The quantitative estimate of drug-likeness (QED) is 0.682. The number of hydrogen-bond acceptors (Lipinski definition) is 3.